The zero-order chi connectivity index (χ0) is 44.6. The highest BCUT2D eigenvalue weighted by Crippen LogP contribution is 2.49. The monoisotopic (exact) mass is 901 g/mol. The number of halogens is 2. The largest absolute Gasteiger partial charge is 0.496 e. The predicted molar refractivity (Wildman–Crippen MR) is 250 cm³/mol. The highest BCUT2D eigenvalue weighted by molar-refractivity contribution is 7.22. The van der Waals surface area contributed by atoms with Gasteiger partial charge in [0.2, 0.25) is 0 Å². The highest BCUT2D eigenvalue weighted by Gasteiger charge is 2.28. The summed E-state index contributed by atoms with van der Waals surface area (Å²) < 4.78 is 38.1. The van der Waals surface area contributed by atoms with Crippen LogP contribution in [0.1, 0.15) is 23.7 Å². The number of ether oxygens (including phenoxy) is 4. The van der Waals surface area contributed by atoms with Crippen LogP contribution >= 0.6 is 22.9 Å². The van der Waals surface area contributed by atoms with Gasteiger partial charge in [-0.25, -0.2) is 29.1 Å². The maximum atomic E-state index is 14.3. The van der Waals surface area contributed by atoms with Crippen LogP contribution in [0.2, 0.25) is 5.02 Å². The summed E-state index contributed by atoms with van der Waals surface area (Å²) in [5, 5.41) is 4.63. The molecule has 0 radical (unpaired) electrons. The standard InChI is InChI=1S/C49H49ClFN7O5S/c1-5-61-49(59)38(28-33-10-6-8-12-39(33)63-29-35-20-21-52-46(55-35)37-11-7-9-13-40(37)60-4)56-47-43-42(45(64-48(43)54-30-53-47)32-14-16-34(51)17-15-32)36-18-19-41(44(50)31(36)2)62-27-26-58-24-22-57(3)23-25-58/h6-21,30,38H,5,22-29H2,1-4H3,(H,53,54,56)/t38-/m1/s1. The number of esters is 1. The van der Waals surface area contributed by atoms with Crippen molar-refractivity contribution in [3.63, 3.8) is 0 Å². The molecule has 1 aliphatic heterocycles. The molecule has 4 heterocycles. The molecule has 0 saturated carbocycles. The Bertz CT molecular complexity index is 2730. The summed E-state index contributed by atoms with van der Waals surface area (Å²) in [5.41, 5.74) is 5.40. The van der Waals surface area contributed by atoms with Crippen molar-refractivity contribution in [1.29, 1.82) is 0 Å². The van der Waals surface area contributed by atoms with E-state index >= 15 is 0 Å². The van der Waals surface area contributed by atoms with Crippen molar-refractivity contribution in [3.8, 4) is 50.2 Å². The zero-order valence-electron chi connectivity index (χ0n) is 36.1. The Morgan fingerprint density at radius 3 is 2.44 bits per heavy atom. The van der Waals surface area contributed by atoms with Gasteiger partial charge in [-0.3, -0.25) is 4.90 Å². The van der Waals surface area contributed by atoms with Crippen molar-refractivity contribution >= 4 is 44.9 Å². The Labute approximate surface area is 381 Å². The molecule has 1 atom stereocenters. The van der Waals surface area contributed by atoms with Crippen LogP contribution in [0.25, 0.3) is 43.2 Å². The number of carbonyl (C=O) groups excluding carboxylic acids is 1. The number of benzene rings is 4. The first-order valence-electron chi connectivity index (χ1n) is 21.2. The smallest absolute Gasteiger partial charge is 0.328 e. The summed E-state index contributed by atoms with van der Waals surface area (Å²) >= 11 is 8.57. The SMILES string of the molecule is CCOC(=O)[C@@H](Cc1ccccc1OCc1ccnc(-c2ccccc2OC)n1)Nc1ncnc2sc(-c3ccc(F)cc3)c(-c3ccc(OCCN4CCN(C)CC4)c(Cl)c3C)c12. The Balaban J connectivity index is 1.10. The first-order chi connectivity index (χ1) is 31.2. The van der Waals surface area contributed by atoms with Crippen LogP contribution < -0.4 is 19.5 Å². The van der Waals surface area contributed by atoms with E-state index in [1.54, 1.807) is 38.4 Å². The summed E-state index contributed by atoms with van der Waals surface area (Å²) in [5.74, 6) is 1.97. The number of likely N-dealkylation sites (N-methyl/N-ethyl adjacent to an activating group) is 1. The molecule has 0 amide bonds. The number of methoxy groups -OCH3 is 1. The molecule has 15 heteroatoms. The lowest BCUT2D eigenvalue weighted by atomic mass is 9.95. The number of fused-ring (bicyclic) bond motifs is 1. The third-order valence-electron chi connectivity index (χ3n) is 11.2. The van der Waals surface area contributed by atoms with Gasteiger partial charge in [-0.2, -0.15) is 0 Å². The Hall–Kier alpha value is -6.19. The van der Waals surface area contributed by atoms with Gasteiger partial charge >= 0.3 is 5.97 Å². The second kappa shape index (κ2) is 20.5. The topological polar surface area (TPSA) is 124 Å². The summed E-state index contributed by atoms with van der Waals surface area (Å²) in [7, 11) is 3.75. The molecular formula is C49H49ClFN7O5S. The van der Waals surface area contributed by atoms with E-state index in [1.165, 1.54) is 29.8 Å². The van der Waals surface area contributed by atoms with Gasteiger partial charge in [-0.15, -0.1) is 11.3 Å². The maximum absolute atomic E-state index is 14.3. The van der Waals surface area contributed by atoms with E-state index in [9.17, 15) is 9.18 Å². The van der Waals surface area contributed by atoms with E-state index in [2.05, 4.69) is 27.1 Å². The van der Waals surface area contributed by atoms with Crippen molar-refractivity contribution in [2.75, 3.05) is 65.4 Å². The van der Waals surface area contributed by atoms with Gasteiger partial charge in [0.25, 0.3) is 0 Å². The molecule has 0 spiro atoms. The van der Waals surface area contributed by atoms with Crippen LogP contribution in [0.5, 0.6) is 17.2 Å². The van der Waals surface area contributed by atoms with Gasteiger partial charge < -0.3 is 29.2 Å². The number of rotatable bonds is 17. The van der Waals surface area contributed by atoms with E-state index in [1.807, 2.05) is 67.6 Å². The van der Waals surface area contributed by atoms with Gasteiger partial charge in [-0.05, 0) is 85.6 Å². The maximum Gasteiger partial charge on any atom is 0.328 e. The van der Waals surface area contributed by atoms with Gasteiger partial charge in [0.15, 0.2) is 5.82 Å². The minimum atomic E-state index is -0.887. The van der Waals surface area contributed by atoms with Crippen LogP contribution in [-0.4, -0.2) is 102 Å². The van der Waals surface area contributed by atoms with Crippen LogP contribution in [0.4, 0.5) is 10.2 Å². The number of nitrogens with one attached hydrogen (secondary N) is 1. The highest BCUT2D eigenvalue weighted by atomic mass is 35.5. The number of para-hydroxylation sites is 2. The molecule has 7 aromatic rings. The molecule has 1 fully saturated rings. The second-order valence-electron chi connectivity index (χ2n) is 15.4. The number of anilines is 1. The third kappa shape index (κ3) is 10.1. The number of thiophene rings is 1. The quantitative estimate of drug-likeness (QED) is 0.0877. The van der Waals surface area contributed by atoms with Crippen molar-refractivity contribution in [2.45, 2.75) is 32.9 Å². The zero-order valence-corrected chi connectivity index (χ0v) is 37.7. The van der Waals surface area contributed by atoms with Crippen molar-refractivity contribution < 1.29 is 28.1 Å². The van der Waals surface area contributed by atoms with E-state index in [0.29, 0.717) is 56.4 Å². The number of piperazine rings is 1. The van der Waals surface area contributed by atoms with E-state index in [-0.39, 0.29) is 25.5 Å². The van der Waals surface area contributed by atoms with Crippen molar-refractivity contribution in [1.82, 2.24) is 29.7 Å². The fourth-order valence-corrected chi connectivity index (χ4v) is 9.11. The number of hydrogen-bond acceptors (Lipinski definition) is 13. The molecule has 0 unspecified atom stereocenters. The average molecular weight is 902 g/mol. The molecule has 1 N–H and O–H groups in total. The fraction of sp³-hybridized carbons (Fsp3) is 0.286. The summed E-state index contributed by atoms with van der Waals surface area (Å²) in [6.45, 7) is 9.41. The molecule has 3 aromatic heterocycles. The molecule has 0 bridgehead atoms. The minimum Gasteiger partial charge on any atom is -0.496 e. The summed E-state index contributed by atoms with van der Waals surface area (Å²) in [6, 6.07) is 26.3. The number of nitrogens with zero attached hydrogens (tertiary/aromatic N) is 6. The average Bonchev–Trinajstić information content (AvgIpc) is 3.71. The Morgan fingerprint density at radius 2 is 1.66 bits per heavy atom. The lowest BCUT2D eigenvalue weighted by Gasteiger charge is -2.32. The van der Waals surface area contributed by atoms with Crippen LogP contribution in [0.3, 0.4) is 0 Å². The Kier molecular flexibility index (Phi) is 14.3. The fourth-order valence-electron chi connectivity index (χ4n) is 7.72. The van der Waals surface area contributed by atoms with Crippen LogP contribution in [-0.2, 0) is 22.6 Å². The van der Waals surface area contributed by atoms with Crippen molar-refractivity contribution in [3.05, 3.63) is 131 Å². The first kappa shape index (κ1) is 44.4. The molecule has 0 aliphatic carbocycles. The molecule has 12 nitrogen and oxygen atoms in total. The lowest BCUT2D eigenvalue weighted by Crippen LogP contribution is -2.45. The summed E-state index contributed by atoms with van der Waals surface area (Å²) in [6.07, 6.45) is 3.36. The molecule has 8 rings (SSSR count). The van der Waals surface area contributed by atoms with Gasteiger partial charge in [0.05, 0.1) is 35.4 Å². The van der Waals surface area contributed by atoms with Gasteiger partial charge in [-0.1, -0.05) is 60.1 Å². The molecule has 330 valence electrons. The second-order valence-corrected chi connectivity index (χ2v) is 16.8. The van der Waals surface area contributed by atoms with E-state index in [4.69, 9.17) is 45.5 Å². The van der Waals surface area contributed by atoms with Gasteiger partial charge in [0.1, 0.15) is 59.3 Å². The number of carbonyl (C=O) groups is 1. The van der Waals surface area contributed by atoms with E-state index < -0.39 is 12.0 Å². The molecular weight excluding hydrogens is 853 g/mol. The number of aromatic nitrogens is 4. The number of hydrogen-bond donors (Lipinski definition) is 1. The summed E-state index contributed by atoms with van der Waals surface area (Å²) in [4.78, 5) is 38.8. The molecule has 1 aliphatic rings. The van der Waals surface area contributed by atoms with Crippen LogP contribution in [0, 0.1) is 12.7 Å². The third-order valence-corrected chi connectivity index (χ3v) is 12.8. The van der Waals surface area contributed by atoms with Gasteiger partial charge in [0, 0.05) is 55.8 Å². The van der Waals surface area contributed by atoms with Crippen LogP contribution in [0.15, 0.2) is 104 Å². The molecule has 1 saturated heterocycles. The first-order valence-corrected chi connectivity index (χ1v) is 22.4. The minimum absolute atomic E-state index is 0.151. The predicted octanol–water partition coefficient (Wildman–Crippen LogP) is 9.38. The molecule has 4 aromatic carbocycles. The lowest BCUT2D eigenvalue weighted by molar-refractivity contribution is -0.144. The molecule has 64 heavy (non-hydrogen) atoms. The van der Waals surface area contributed by atoms with Crippen molar-refractivity contribution in [2.24, 2.45) is 0 Å². The Morgan fingerprint density at radius 1 is 0.891 bits per heavy atom. The van der Waals surface area contributed by atoms with E-state index in [0.717, 1.165) is 71.0 Å². The normalized spacial score (nSPS) is 13.7.